The molecule has 0 saturated heterocycles. The monoisotopic (exact) mass is 638 g/mol. The van der Waals surface area contributed by atoms with Crippen molar-refractivity contribution in [3.63, 3.8) is 0 Å². The quantitative estimate of drug-likeness (QED) is 0.228. The van der Waals surface area contributed by atoms with E-state index in [1.54, 1.807) is 5.57 Å². The fourth-order valence-corrected chi connectivity index (χ4v) is 9.85. The van der Waals surface area contributed by atoms with Crippen LogP contribution in [-0.2, 0) is 69.8 Å². The molecular weight excluding hydrogens is 590 g/mol. The van der Waals surface area contributed by atoms with Gasteiger partial charge in [0.15, 0.2) is 8.32 Å². The fourth-order valence-electron chi connectivity index (χ4n) is 7.12. The number of allylic oxidation sites excluding steroid dienone is 3. The van der Waals surface area contributed by atoms with Crippen LogP contribution in [0.1, 0.15) is 79.6 Å². The second kappa shape index (κ2) is 14.6. The molecule has 6 atom stereocenters. The summed E-state index contributed by atoms with van der Waals surface area (Å²) >= 11 is 0. The molecule has 0 aromatic rings. The molecule has 188 valence electrons. The Morgan fingerprint density at radius 2 is 1.65 bits per heavy atom. The maximum Gasteiger partial charge on any atom is 0.191 e. The zero-order valence-corrected chi connectivity index (χ0v) is 29.2. The van der Waals surface area contributed by atoms with Crippen LogP contribution in [0.3, 0.4) is 0 Å². The van der Waals surface area contributed by atoms with E-state index in [1.165, 1.54) is 50.2 Å². The average Bonchev–Trinajstić information content (AvgIpc) is 3.14. The molecule has 3 aliphatic rings. The summed E-state index contributed by atoms with van der Waals surface area (Å²) in [6.45, 7) is 16.7. The summed E-state index contributed by atoms with van der Waals surface area (Å²) in [7, 11) is -1.53. The van der Waals surface area contributed by atoms with Crippen LogP contribution in [0.5, 0.6) is 0 Å². The van der Waals surface area contributed by atoms with Crippen molar-refractivity contribution in [2.45, 2.75) is 110 Å². The van der Waals surface area contributed by atoms with E-state index >= 15 is 0 Å². The molecule has 0 bridgehead atoms. The molecule has 0 aromatic carbocycles. The summed E-state index contributed by atoms with van der Waals surface area (Å²) in [5, 5.41) is 20.3. The van der Waals surface area contributed by atoms with E-state index in [0.29, 0.717) is 35.7 Å². The summed E-state index contributed by atoms with van der Waals surface area (Å²) in [6, 6.07) is 3.70. The van der Waals surface area contributed by atoms with E-state index < -0.39 is 20.5 Å². The van der Waals surface area contributed by atoms with Crippen LogP contribution in [-0.4, -0.2) is 37.3 Å². The van der Waals surface area contributed by atoms with Crippen molar-refractivity contribution in [2.24, 2.45) is 23.2 Å². The molecule has 2 N–H and O–H groups in total. The third-order valence-electron chi connectivity index (χ3n) is 9.61. The third kappa shape index (κ3) is 7.34. The van der Waals surface area contributed by atoms with Crippen molar-refractivity contribution in [1.29, 1.82) is 0 Å². The van der Waals surface area contributed by atoms with Gasteiger partial charge in [0.05, 0.1) is 12.2 Å². The number of aliphatic hydroxyl groups excluding tert-OH is 2. The van der Waals surface area contributed by atoms with Crippen LogP contribution in [0.4, 0.5) is 0 Å². The standard InChI is InChI=1S/C28H48O3Si.2Y/c1-7-32(8-2,9-3)31-19-20(4)24-14-15-25-23(11-10-16-28(24,25)6)13-12-22-17-26(29)21(5)27(30)18-22;;/h12-13,20,24-27,29-30H,5,7-11,14-19H2,1-4,6H3;;/b23-13+;;/t20?,24-,25+,26-,27-,28-;;/m1../s1. The summed E-state index contributed by atoms with van der Waals surface area (Å²) in [4.78, 5) is 0. The zero-order chi connectivity index (χ0) is 23.5. The van der Waals surface area contributed by atoms with Gasteiger partial charge in [-0.3, -0.25) is 0 Å². The SMILES string of the molecule is C=C1[C@H](O)CC(=C/C=C2\CCC[C@]3(C)[C@@H](C(C)CO[Si](CC)(CC)CC)CC[C@@H]23)C[C@H]1O.[Y].[Y]. The van der Waals surface area contributed by atoms with Gasteiger partial charge in [-0.15, -0.1) is 0 Å². The Labute approximate surface area is 260 Å². The molecule has 0 heterocycles. The first kappa shape index (κ1) is 33.6. The normalized spacial score (nSPS) is 33.7. The van der Waals surface area contributed by atoms with Crippen molar-refractivity contribution in [3.8, 4) is 0 Å². The van der Waals surface area contributed by atoms with Gasteiger partial charge in [0.2, 0.25) is 0 Å². The number of hydrogen-bond acceptors (Lipinski definition) is 3. The Kier molecular flexibility index (Phi) is 14.4. The van der Waals surface area contributed by atoms with Crippen LogP contribution < -0.4 is 0 Å². The molecule has 34 heavy (non-hydrogen) atoms. The van der Waals surface area contributed by atoms with Crippen molar-refractivity contribution >= 4 is 8.32 Å². The van der Waals surface area contributed by atoms with Crippen molar-refractivity contribution < 1.29 is 80.1 Å². The van der Waals surface area contributed by atoms with Gasteiger partial charge in [0.25, 0.3) is 0 Å². The average molecular weight is 639 g/mol. The van der Waals surface area contributed by atoms with Crippen LogP contribution in [0.25, 0.3) is 0 Å². The maximum atomic E-state index is 10.2. The van der Waals surface area contributed by atoms with Gasteiger partial charge in [0, 0.05) is 72.0 Å². The second-order valence-corrected chi connectivity index (χ2v) is 16.0. The van der Waals surface area contributed by atoms with Crippen molar-refractivity contribution in [3.05, 3.63) is 35.5 Å². The molecule has 3 nitrogen and oxygen atoms in total. The molecular formula is C28H48O3SiY2. The first-order chi connectivity index (χ1) is 15.2. The molecule has 0 spiro atoms. The second-order valence-electron chi connectivity index (χ2n) is 11.2. The van der Waals surface area contributed by atoms with E-state index in [0.717, 1.165) is 18.1 Å². The van der Waals surface area contributed by atoms with E-state index in [1.807, 2.05) is 0 Å². The summed E-state index contributed by atoms with van der Waals surface area (Å²) < 4.78 is 6.72. The summed E-state index contributed by atoms with van der Waals surface area (Å²) in [5.74, 6) is 2.02. The molecule has 3 fully saturated rings. The molecule has 0 aromatic heterocycles. The Bertz CT molecular complexity index is 709. The molecule has 0 aliphatic heterocycles. The minimum absolute atomic E-state index is 0. The predicted octanol–water partition coefficient (Wildman–Crippen LogP) is 6.78. The zero-order valence-electron chi connectivity index (χ0n) is 22.5. The van der Waals surface area contributed by atoms with Gasteiger partial charge in [-0.05, 0) is 91.8 Å². The van der Waals surface area contributed by atoms with Crippen LogP contribution >= 0.6 is 0 Å². The Balaban J connectivity index is 0.00000289. The fraction of sp³-hybridized carbons (Fsp3) is 0.786. The molecule has 3 aliphatic carbocycles. The maximum absolute atomic E-state index is 10.2. The molecule has 1 unspecified atom stereocenters. The summed E-state index contributed by atoms with van der Waals surface area (Å²) in [6.07, 6.45) is 10.9. The smallest absolute Gasteiger partial charge is 0.191 e. The van der Waals surface area contributed by atoms with Gasteiger partial charge in [0.1, 0.15) is 0 Å². The van der Waals surface area contributed by atoms with Gasteiger partial charge in [-0.1, -0.05) is 64.5 Å². The van der Waals surface area contributed by atoms with Crippen LogP contribution in [0.15, 0.2) is 35.5 Å². The third-order valence-corrected chi connectivity index (χ3v) is 14.3. The minimum Gasteiger partial charge on any atom is -0.417 e. The van der Waals surface area contributed by atoms with Crippen molar-refractivity contribution in [1.82, 2.24) is 0 Å². The van der Waals surface area contributed by atoms with E-state index in [-0.39, 0.29) is 65.4 Å². The molecule has 0 amide bonds. The molecule has 6 heteroatoms. The first-order valence-electron chi connectivity index (χ1n) is 13.3. The van der Waals surface area contributed by atoms with E-state index in [9.17, 15) is 10.2 Å². The first-order valence-corrected chi connectivity index (χ1v) is 15.8. The summed E-state index contributed by atoms with van der Waals surface area (Å²) in [5.41, 5.74) is 3.68. The molecule has 3 saturated carbocycles. The van der Waals surface area contributed by atoms with E-state index in [4.69, 9.17) is 4.43 Å². The molecule has 3 rings (SSSR count). The number of rotatable bonds is 8. The van der Waals surface area contributed by atoms with Gasteiger partial charge in [-0.25, -0.2) is 0 Å². The van der Waals surface area contributed by atoms with Crippen molar-refractivity contribution in [2.75, 3.05) is 6.61 Å². The van der Waals surface area contributed by atoms with Gasteiger partial charge < -0.3 is 14.6 Å². The number of hydrogen-bond donors (Lipinski definition) is 2. The number of fused-ring (bicyclic) bond motifs is 1. The van der Waals surface area contributed by atoms with Gasteiger partial charge >= 0.3 is 0 Å². The molecule has 2 radical (unpaired) electrons. The Morgan fingerprint density at radius 1 is 1.06 bits per heavy atom. The predicted molar refractivity (Wildman–Crippen MR) is 137 cm³/mol. The topological polar surface area (TPSA) is 49.7 Å². The Hall–Kier alpha value is 1.52. The number of aliphatic hydroxyl groups is 2. The van der Waals surface area contributed by atoms with Crippen LogP contribution in [0.2, 0.25) is 18.1 Å². The largest absolute Gasteiger partial charge is 0.417 e. The Morgan fingerprint density at radius 3 is 2.21 bits per heavy atom. The minimum atomic E-state index is -1.53. The van der Waals surface area contributed by atoms with E-state index in [2.05, 4.69) is 53.3 Å². The van der Waals surface area contributed by atoms with Crippen LogP contribution in [0, 0.1) is 23.2 Å². The van der Waals surface area contributed by atoms with Gasteiger partial charge in [-0.2, -0.15) is 0 Å².